The lowest BCUT2D eigenvalue weighted by Gasteiger charge is -2.59. The van der Waals surface area contributed by atoms with Crippen molar-refractivity contribution in [3.05, 3.63) is 21.9 Å². The molecular weight excluding hydrogens is 506 g/mol. The first-order valence-corrected chi connectivity index (χ1v) is 16.1. The average molecular weight is 554 g/mol. The van der Waals surface area contributed by atoms with Crippen molar-refractivity contribution in [3.8, 4) is 0 Å². The van der Waals surface area contributed by atoms with E-state index in [-0.39, 0.29) is 52.2 Å². The van der Waals surface area contributed by atoms with Crippen molar-refractivity contribution >= 4 is 34.6 Å². The van der Waals surface area contributed by atoms with E-state index in [2.05, 4.69) is 39.9 Å². The highest BCUT2D eigenvalue weighted by Crippen LogP contribution is 2.67. The number of fused-ring (bicyclic) bond motifs is 5. The van der Waals surface area contributed by atoms with Gasteiger partial charge in [-0.05, 0) is 97.5 Å². The molecule has 4 aliphatic carbocycles. The maximum atomic E-state index is 13.6. The van der Waals surface area contributed by atoms with Crippen LogP contribution in [0.15, 0.2) is 12.1 Å². The molecule has 1 aromatic heterocycles. The predicted molar refractivity (Wildman–Crippen MR) is 154 cm³/mol. The molecule has 214 valence electrons. The van der Waals surface area contributed by atoms with Crippen molar-refractivity contribution in [1.29, 1.82) is 0 Å². The second-order valence-electron chi connectivity index (χ2n) is 14.3. The Bertz CT molecular complexity index is 1150. The molecule has 1 N–H and O–H groups in total. The molecule has 5 rings (SSSR count). The molecule has 0 spiro atoms. The number of carbonyl (C=O) groups is 4. The predicted octanol–water partition coefficient (Wildman–Crippen LogP) is 7.20. The summed E-state index contributed by atoms with van der Waals surface area (Å²) in [6.45, 7) is 12.8. The number of ketones is 3. The van der Waals surface area contributed by atoms with Gasteiger partial charge in [-0.15, -0.1) is 11.3 Å². The molecule has 1 amide bonds. The van der Waals surface area contributed by atoms with Crippen molar-refractivity contribution in [2.45, 2.75) is 105 Å². The van der Waals surface area contributed by atoms with Crippen LogP contribution in [0.3, 0.4) is 0 Å². The molecule has 2 unspecified atom stereocenters. The van der Waals surface area contributed by atoms with Gasteiger partial charge in [-0.1, -0.05) is 34.6 Å². The number of Topliss-reactive ketones (excluding diaryl/α,β-unsaturated/α-hetero) is 3. The van der Waals surface area contributed by atoms with Gasteiger partial charge >= 0.3 is 0 Å². The third-order valence-electron chi connectivity index (χ3n) is 11.8. The molecule has 0 radical (unpaired) electrons. The molecule has 4 aliphatic rings. The van der Waals surface area contributed by atoms with Crippen molar-refractivity contribution in [2.24, 2.45) is 52.3 Å². The minimum absolute atomic E-state index is 0.0606. The number of rotatable bonds is 7. The van der Waals surface area contributed by atoms with Gasteiger partial charge in [-0.3, -0.25) is 19.2 Å². The fourth-order valence-electron chi connectivity index (χ4n) is 9.64. The Balaban J connectivity index is 1.27. The molecule has 4 saturated carbocycles. The van der Waals surface area contributed by atoms with Gasteiger partial charge in [-0.25, -0.2) is 0 Å². The van der Waals surface area contributed by atoms with Gasteiger partial charge in [0.05, 0.1) is 10.9 Å². The third-order valence-corrected chi connectivity index (χ3v) is 13.1. The van der Waals surface area contributed by atoms with Crippen LogP contribution in [0, 0.1) is 52.3 Å². The summed E-state index contributed by atoms with van der Waals surface area (Å²) in [6.07, 6.45) is 7.67. The van der Waals surface area contributed by atoms with Gasteiger partial charge in [0.2, 0.25) is 5.91 Å². The second kappa shape index (κ2) is 10.5. The number of nitrogens with one attached hydrogen (secondary N) is 1. The number of hydrogen-bond acceptors (Lipinski definition) is 5. The molecular formula is C33H47NO4S. The molecule has 9 atom stereocenters. The van der Waals surface area contributed by atoms with Crippen LogP contribution >= 0.6 is 11.3 Å². The van der Waals surface area contributed by atoms with Gasteiger partial charge in [0, 0.05) is 36.5 Å². The highest BCUT2D eigenvalue weighted by molar-refractivity contribution is 7.14. The Kier molecular flexibility index (Phi) is 7.76. The Hall–Kier alpha value is -1.82. The zero-order chi connectivity index (χ0) is 28.3. The van der Waals surface area contributed by atoms with E-state index in [1.807, 2.05) is 12.1 Å². The highest BCUT2D eigenvalue weighted by Gasteiger charge is 2.63. The van der Waals surface area contributed by atoms with Gasteiger partial charge in [0.1, 0.15) is 11.6 Å². The Morgan fingerprint density at radius 3 is 2.38 bits per heavy atom. The lowest BCUT2D eigenvalue weighted by atomic mass is 9.44. The monoisotopic (exact) mass is 553 g/mol. The fourth-order valence-corrected chi connectivity index (χ4v) is 10.8. The Morgan fingerprint density at radius 2 is 1.72 bits per heavy atom. The third kappa shape index (κ3) is 4.97. The molecule has 0 saturated heterocycles. The average Bonchev–Trinajstić information content (AvgIpc) is 3.48. The summed E-state index contributed by atoms with van der Waals surface area (Å²) >= 11 is 1.48. The lowest BCUT2D eigenvalue weighted by Crippen LogP contribution is -2.57. The standard InChI is InChI=1S/C33H47NO4S/c1-18(2)31(28-10-9-27(39-28)20(4)35)34-29(38)15-19(3)23-7-8-24-30-25(12-14-33(23,24)6)32(5)13-11-22(36)16-21(32)17-26(30)37/h9-10,18-19,21,23-25,30-31H,7-8,11-17H2,1-6H3,(H,34,38)/t19-,21+,23?,24+,25+,30+,31?,32+,33-/m1/s1. The van der Waals surface area contributed by atoms with Crippen LogP contribution in [0.2, 0.25) is 0 Å². The number of carbonyl (C=O) groups excluding carboxylic acids is 4. The summed E-state index contributed by atoms with van der Waals surface area (Å²) < 4.78 is 0. The van der Waals surface area contributed by atoms with Gasteiger partial charge in [0.15, 0.2) is 5.78 Å². The van der Waals surface area contributed by atoms with E-state index < -0.39 is 0 Å². The number of amides is 1. The zero-order valence-electron chi connectivity index (χ0n) is 24.7. The highest BCUT2D eigenvalue weighted by atomic mass is 32.1. The summed E-state index contributed by atoms with van der Waals surface area (Å²) in [4.78, 5) is 52.8. The van der Waals surface area contributed by atoms with Gasteiger partial charge < -0.3 is 5.32 Å². The topological polar surface area (TPSA) is 80.3 Å². The van der Waals surface area contributed by atoms with E-state index >= 15 is 0 Å². The number of hydrogen-bond donors (Lipinski definition) is 1. The fraction of sp³-hybridized carbons (Fsp3) is 0.758. The van der Waals surface area contributed by atoms with Crippen molar-refractivity contribution in [3.63, 3.8) is 0 Å². The van der Waals surface area contributed by atoms with E-state index in [0.29, 0.717) is 55.0 Å². The summed E-state index contributed by atoms with van der Waals surface area (Å²) in [7, 11) is 0. The first-order valence-electron chi connectivity index (χ1n) is 15.3. The largest absolute Gasteiger partial charge is 0.348 e. The maximum Gasteiger partial charge on any atom is 0.220 e. The van der Waals surface area contributed by atoms with Crippen LogP contribution in [-0.4, -0.2) is 23.3 Å². The van der Waals surface area contributed by atoms with Crippen LogP contribution in [-0.2, 0) is 14.4 Å². The lowest BCUT2D eigenvalue weighted by molar-refractivity contribution is -0.159. The molecule has 0 aromatic carbocycles. The van der Waals surface area contributed by atoms with Crippen LogP contribution in [0.4, 0.5) is 0 Å². The summed E-state index contributed by atoms with van der Waals surface area (Å²) in [5.41, 5.74) is 0.207. The molecule has 39 heavy (non-hydrogen) atoms. The SMILES string of the molecule is CC(=O)c1ccc(C(NC(=O)C[C@@H](C)C2CC[C@H]3[C@@H]4C(=O)C[C@@H]5CC(=O)CC[C@]5(C)[C@H]4CC[C@]23C)C(C)C)s1. The number of thiophene rings is 1. The van der Waals surface area contributed by atoms with E-state index in [9.17, 15) is 19.2 Å². The van der Waals surface area contributed by atoms with E-state index in [1.165, 1.54) is 11.3 Å². The minimum Gasteiger partial charge on any atom is -0.348 e. The molecule has 0 aliphatic heterocycles. The Morgan fingerprint density at radius 1 is 1.00 bits per heavy atom. The smallest absolute Gasteiger partial charge is 0.220 e. The quantitative estimate of drug-likeness (QED) is 0.362. The molecule has 6 heteroatoms. The first-order chi connectivity index (χ1) is 18.3. The summed E-state index contributed by atoms with van der Waals surface area (Å²) in [6, 6.07) is 3.75. The molecule has 4 fully saturated rings. The van der Waals surface area contributed by atoms with E-state index in [1.54, 1.807) is 6.92 Å². The van der Waals surface area contributed by atoms with Gasteiger partial charge in [0.25, 0.3) is 0 Å². The van der Waals surface area contributed by atoms with Crippen LogP contribution in [0.25, 0.3) is 0 Å². The second-order valence-corrected chi connectivity index (χ2v) is 15.4. The van der Waals surface area contributed by atoms with Gasteiger partial charge in [-0.2, -0.15) is 0 Å². The van der Waals surface area contributed by atoms with Crippen LogP contribution < -0.4 is 5.32 Å². The normalized spacial score (nSPS) is 37.6. The summed E-state index contributed by atoms with van der Waals surface area (Å²) in [5, 5.41) is 3.29. The van der Waals surface area contributed by atoms with E-state index in [0.717, 1.165) is 41.9 Å². The molecule has 0 bridgehead atoms. The Labute approximate surface area is 238 Å². The van der Waals surface area contributed by atoms with Crippen LogP contribution in [0.5, 0.6) is 0 Å². The van der Waals surface area contributed by atoms with Crippen molar-refractivity contribution < 1.29 is 19.2 Å². The van der Waals surface area contributed by atoms with E-state index in [4.69, 9.17) is 0 Å². The van der Waals surface area contributed by atoms with Crippen LogP contribution in [0.1, 0.15) is 120 Å². The minimum atomic E-state index is -0.0962. The molecule has 1 heterocycles. The van der Waals surface area contributed by atoms with Crippen molar-refractivity contribution in [2.75, 3.05) is 0 Å². The molecule has 5 nitrogen and oxygen atoms in total. The first kappa shape index (κ1) is 28.7. The van der Waals surface area contributed by atoms with Crippen molar-refractivity contribution in [1.82, 2.24) is 5.32 Å². The maximum absolute atomic E-state index is 13.6. The zero-order valence-corrected chi connectivity index (χ0v) is 25.5. The molecule has 1 aromatic rings. The summed E-state index contributed by atoms with van der Waals surface area (Å²) in [5.74, 6) is 2.97.